The van der Waals surface area contributed by atoms with Crippen LogP contribution >= 0.6 is 0 Å². The number of alkyl halides is 2. The summed E-state index contributed by atoms with van der Waals surface area (Å²) >= 11 is 0. The zero-order chi connectivity index (χ0) is 19.4. The highest BCUT2D eigenvalue weighted by atomic mass is 19.3. The first-order valence-corrected chi connectivity index (χ1v) is 9.10. The van der Waals surface area contributed by atoms with Crippen molar-refractivity contribution in [1.29, 1.82) is 0 Å². The molecule has 0 aromatic carbocycles. The van der Waals surface area contributed by atoms with Gasteiger partial charge < -0.3 is 0 Å². The average molecular weight is 376 g/mol. The van der Waals surface area contributed by atoms with Gasteiger partial charge in [0.25, 0.3) is 12.0 Å². The maximum atomic E-state index is 13.0. The Morgan fingerprint density at radius 3 is 2.56 bits per heavy atom. The number of rotatable bonds is 7. The lowest BCUT2D eigenvalue weighted by atomic mass is 9.94. The molecular formula is C19H22F2N4O2. The van der Waals surface area contributed by atoms with Gasteiger partial charge >= 0.3 is 0 Å². The van der Waals surface area contributed by atoms with Crippen molar-refractivity contribution in [2.45, 2.75) is 57.9 Å². The molecular weight excluding hydrogens is 354 g/mol. The number of carbonyl (C=O) groups excluding carboxylic acids is 1. The summed E-state index contributed by atoms with van der Waals surface area (Å²) in [7, 11) is 0. The number of carbonyl (C=O) groups is 1. The molecule has 0 N–H and O–H groups in total. The average Bonchev–Trinajstić information content (AvgIpc) is 3.15. The van der Waals surface area contributed by atoms with Crippen LogP contribution in [0.1, 0.15) is 61.7 Å². The second kappa shape index (κ2) is 8.45. The highest BCUT2D eigenvalue weighted by molar-refractivity contribution is 5.84. The van der Waals surface area contributed by atoms with Crippen molar-refractivity contribution in [1.82, 2.24) is 19.5 Å². The van der Waals surface area contributed by atoms with Crippen LogP contribution < -0.4 is 5.56 Å². The van der Waals surface area contributed by atoms with Crippen molar-refractivity contribution in [3.63, 3.8) is 0 Å². The third-order valence-electron chi connectivity index (χ3n) is 5.01. The maximum absolute atomic E-state index is 13.0. The molecule has 1 fully saturated rings. The fourth-order valence-corrected chi connectivity index (χ4v) is 3.55. The Balaban J connectivity index is 1.87. The molecule has 0 spiro atoms. The minimum atomic E-state index is -2.82. The second-order valence-corrected chi connectivity index (χ2v) is 7.05. The number of hydrogen-bond acceptors (Lipinski definition) is 5. The molecule has 8 heteroatoms. The van der Waals surface area contributed by atoms with Crippen molar-refractivity contribution in [2.75, 3.05) is 0 Å². The van der Waals surface area contributed by atoms with Crippen LogP contribution in [0.15, 0.2) is 29.6 Å². The standard InChI is InChI=1S/C19H22F2N4O2/c1-12-9-23-14(10-22-12)7-17(26)16(6-13-4-2-3-5-13)25-11-24-15(19(20)21)8-18(25)27/h8-11,13,16,19H,2-7H2,1H3/t16-/m0/s1. The van der Waals surface area contributed by atoms with Gasteiger partial charge in [-0.15, -0.1) is 0 Å². The quantitative estimate of drug-likeness (QED) is 0.741. The van der Waals surface area contributed by atoms with Gasteiger partial charge in [-0.25, -0.2) is 13.8 Å². The third-order valence-corrected chi connectivity index (χ3v) is 5.01. The minimum absolute atomic E-state index is 0.0354. The predicted octanol–water partition coefficient (Wildman–Crippen LogP) is 3.21. The fraction of sp³-hybridized carbons (Fsp3) is 0.526. The van der Waals surface area contributed by atoms with Gasteiger partial charge in [0.15, 0.2) is 5.78 Å². The molecule has 0 amide bonds. The number of Topliss-reactive ketones (excluding diaryl/α,β-unsaturated/α-hetero) is 1. The summed E-state index contributed by atoms with van der Waals surface area (Å²) in [6.07, 6.45) is 6.14. The molecule has 2 aromatic heterocycles. The smallest absolute Gasteiger partial charge is 0.280 e. The minimum Gasteiger partial charge on any atom is -0.297 e. The molecule has 0 aliphatic heterocycles. The van der Waals surface area contributed by atoms with Crippen LogP contribution in [-0.2, 0) is 11.2 Å². The molecule has 144 valence electrons. The first-order chi connectivity index (χ1) is 12.9. The van der Waals surface area contributed by atoms with E-state index in [1.54, 1.807) is 19.3 Å². The number of aryl methyl sites for hydroxylation is 1. The zero-order valence-electron chi connectivity index (χ0n) is 15.1. The summed E-state index contributed by atoms with van der Waals surface area (Å²) in [6, 6.07) is 0.0774. The van der Waals surface area contributed by atoms with Gasteiger partial charge in [-0.1, -0.05) is 25.7 Å². The van der Waals surface area contributed by atoms with E-state index in [-0.39, 0.29) is 12.2 Å². The van der Waals surface area contributed by atoms with Crippen molar-refractivity contribution in [2.24, 2.45) is 5.92 Å². The summed E-state index contributed by atoms with van der Waals surface area (Å²) in [5.74, 6) is 0.151. The summed E-state index contributed by atoms with van der Waals surface area (Å²) in [4.78, 5) is 37.3. The van der Waals surface area contributed by atoms with Crippen LogP contribution in [0.4, 0.5) is 8.78 Å². The van der Waals surface area contributed by atoms with Crippen LogP contribution in [0.2, 0.25) is 0 Å². The lowest BCUT2D eigenvalue weighted by Crippen LogP contribution is -2.32. The Morgan fingerprint density at radius 2 is 1.96 bits per heavy atom. The Bertz CT molecular complexity index is 846. The van der Waals surface area contributed by atoms with E-state index in [1.165, 1.54) is 4.57 Å². The van der Waals surface area contributed by atoms with Gasteiger partial charge in [-0.2, -0.15) is 0 Å². The summed E-state index contributed by atoms with van der Waals surface area (Å²) in [5, 5.41) is 0. The summed E-state index contributed by atoms with van der Waals surface area (Å²) < 4.78 is 26.8. The Morgan fingerprint density at radius 1 is 1.22 bits per heavy atom. The number of ketones is 1. The van der Waals surface area contributed by atoms with Crippen LogP contribution in [0, 0.1) is 12.8 Å². The van der Waals surface area contributed by atoms with E-state index < -0.39 is 23.7 Å². The van der Waals surface area contributed by atoms with E-state index in [2.05, 4.69) is 15.0 Å². The van der Waals surface area contributed by atoms with E-state index in [4.69, 9.17) is 0 Å². The van der Waals surface area contributed by atoms with Gasteiger partial charge in [0.2, 0.25) is 0 Å². The fourth-order valence-electron chi connectivity index (χ4n) is 3.55. The molecule has 0 saturated heterocycles. The van der Waals surface area contributed by atoms with Gasteiger partial charge in [-0.05, 0) is 19.3 Å². The first kappa shape index (κ1) is 19.3. The summed E-state index contributed by atoms with van der Waals surface area (Å²) in [6.45, 7) is 1.80. The number of nitrogens with zero attached hydrogens (tertiary/aromatic N) is 4. The molecule has 6 nitrogen and oxygen atoms in total. The molecule has 27 heavy (non-hydrogen) atoms. The number of aromatic nitrogens is 4. The molecule has 3 rings (SSSR count). The first-order valence-electron chi connectivity index (χ1n) is 9.10. The van der Waals surface area contributed by atoms with Crippen LogP contribution in [0.3, 0.4) is 0 Å². The van der Waals surface area contributed by atoms with E-state index >= 15 is 0 Å². The second-order valence-electron chi connectivity index (χ2n) is 7.05. The van der Waals surface area contributed by atoms with E-state index in [0.717, 1.165) is 43.8 Å². The van der Waals surface area contributed by atoms with Crippen molar-refractivity contribution >= 4 is 5.78 Å². The lowest BCUT2D eigenvalue weighted by molar-refractivity contribution is -0.122. The largest absolute Gasteiger partial charge is 0.297 e. The van der Waals surface area contributed by atoms with Gasteiger partial charge in [0.1, 0.15) is 5.69 Å². The van der Waals surface area contributed by atoms with Crippen LogP contribution in [0.25, 0.3) is 0 Å². The molecule has 1 aliphatic carbocycles. The van der Waals surface area contributed by atoms with E-state index in [9.17, 15) is 18.4 Å². The highest BCUT2D eigenvalue weighted by Crippen LogP contribution is 2.32. The van der Waals surface area contributed by atoms with E-state index in [1.807, 2.05) is 0 Å². The molecule has 1 atom stereocenters. The molecule has 0 unspecified atom stereocenters. The zero-order valence-corrected chi connectivity index (χ0v) is 15.1. The SMILES string of the molecule is Cc1cnc(CC(=O)[C@H](CC2CCCC2)n2cnc(C(F)F)cc2=O)cn1. The summed E-state index contributed by atoms with van der Waals surface area (Å²) in [5.41, 5.74) is 0.0586. The molecule has 0 radical (unpaired) electrons. The van der Waals surface area contributed by atoms with Crippen LogP contribution in [-0.4, -0.2) is 25.3 Å². The maximum Gasteiger partial charge on any atom is 0.280 e. The molecule has 2 heterocycles. The normalized spacial score (nSPS) is 16.0. The van der Waals surface area contributed by atoms with E-state index in [0.29, 0.717) is 18.0 Å². The Hall–Kier alpha value is -2.51. The molecule has 1 aliphatic rings. The van der Waals surface area contributed by atoms with Crippen LogP contribution in [0.5, 0.6) is 0 Å². The van der Waals surface area contributed by atoms with Crippen molar-refractivity contribution < 1.29 is 13.6 Å². The Labute approximate surface area is 155 Å². The lowest BCUT2D eigenvalue weighted by Gasteiger charge is -2.21. The van der Waals surface area contributed by atoms with Gasteiger partial charge in [-0.3, -0.25) is 24.1 Å². The van der Waals surface area contributed by atoms with Crippen molar-refractivity contribution in [3.05, 3.63) is 52.2 Å². The predicted molar refractivity (Wildman–Crippen MR) is 94.5 cm³/mol. The number of halogens is 2. The van der Waals surface area contributed by atoms with Gasteiger partial charge in [0.05, 0.1) is 30.2 Å². The number of hydrogen-bond donors (Lipinski definition) is 0. The van der Waals surface area contributed by atoms with Crippen molar-refractivity contribution in [3.8, 4) is 0 Å². The monoisotopic (exact) mass is 376 g/mol. The topological polar surface area (TPSA) is 77.7 Å². The Kier molecular flexibility index (Phi) is 6.03. The highest BCUT2D eigenvalue weighted by Gasteiger charge is 2.28. The van der Waals surface area contributed by atoms with Gasteiger partial charge in [0, 0.05) is 18.5 Å². The third kappa shape index (κ3) is 4.81. The molecule has 1 saturated carbocycles. The molecule has 0 bridgehead atoms. The molecule has 2 aromatic rings.